The fourth-order valence-electron chi connectivity index (χ4n) is 5.28. The van der Waals surface area contributed by atoms with Crippen LogP contribution in [0, 0.1) is 17.1 Å². The van der Waals surface area contributed by atoms with Gasteiger partial charge in [-0.15, -0.1) is 0 Å². The Labute approximate surface area is 252 Å². The lowest BCUT2D eigenvalue weighted by molar-refractivity contribution is -0.0611. The van der Waals surface area contributed by atoms with E-state index >= 15 is 0 Å². The highest BCUT2D eigenvalue weighted by Crippen LogP contribution is 2.33. The van der Waals surface area contributed by atoms with Gasteiger partial charge in [-0.3, -0.25) is 4.90 Å². The summed E-state index contributed by atoms with van der Waals surface area (Å²) in [6, 6.07) is 12.6. The molecule has 0 radical (unpaired) electrons. The van der Waals surface area contributed by atoms with E-state index in [4.69, 9.17) is 37.1 Å². The minimum Gasteiger partial charge on any atom is -0.489 e. The summed E-state index contributed by atoms with van der Waals surface area (Å²) in [6.07, 6.45) is 3.91. The van der Waals surface area contributed by atoms with Gasteiger partial charge in [0, 0.05) is 25.8 Å². The second kappa shape index (κ2) is 12.5. The number of aromatic carboxylic acids is 1. The number of carboxylic acid groups (broad SMARTS) is 1. The molecule has 0 saturated carbocycles. The molecular formula is C30H29FN6O5S. The van der Waals surface area contributed by atoms with Crippen molar-refractivity contribution in [1.29, 1.82) is 5.26 Å². The minimum atomic E-state index is -0.988. The standard InChI is InChI=1S/C30H29FN6O5S/c31-23-11-18(14-32)1-4-26(23)41-17-20-13-22(15-33-35-20)42-21-5-8-36(9-6-21)16-28-34-24-3-2-19(30(38)39)12-25(24)37(28)29(43)27-7-10-40-27/h1-4,11-13,15,21,27,29,43H,5-10,16-17H2,(H,38,39)/t27-,29?/m0/s1. The van der Waals surface area contributed by atoms with Crippen molar-refractivity contribution in [3.05, 3.63) is 77.1 Å². The van der Waals surface area contributed by atoms with Crippen LogP contribution in [0.3, 0.4) is 0 Å². The molecular weight excluding hydrogens is 575 g/mol. The Kier molecular flexibility index (Phi) is 8.42. The SMILES string of the molecule is N#Cc1ccc(OCc2cc(OC3CCN(Cc4nc5ccc(C(=O)O)cc5n4C(S)[C@@H]4CCO4)CC3)cnn2)c(F)c1. The molecule has 11 nitrogen and oxygen atoms in total. The van der Waals surface area contributed by atoms with Gasteiger partial charge in [0.25, 0.3) is 0 Å². The summed E-state index contributed by atoms with van der Waals surface area (Å²) in [5.74, 6) is -0.207. The lowest BCUT2D eigenvalue weighted by atomic mass is 10.1. The van der Waals surface area contributed by atoms with Crippen molar-refractivity contribution in [2.75, 3.05) is 19.7 Å². The fourth-order valence-corrected chi connectivity index (χ4v) is 5.77. The van der Waals surface area contributed by atoms with Gasteiger partial charge in [0.05, 0.1) is 47.1 Å². The topological polar surface area (TPSA) is 136 Å². The van der Waals surface area contributed by atoms with E-state index in [-0.39, 0.29) is 41.1 Å². The second-order valence-electron chi connectivity index (χ2n) is 10.5. The van der Waals surface area contributed by atoms with E-state index in [1.165, 1.54) is 12.1 Å². The van der Waals surface area contributed by atoms with Crippen LogP contribution in [0.1, 0.15) is 52.1 Å². The van der Waals surface area contributed by atoms with Gasteiger partial charge in [0.1, 0.15) is 35.4 Å². The maximum Gasteiger partial charge on any atom is 0.335 e. The summed E-state index contributed by atoms with van der Waals surface area (Å²) in [5.41, 5.74) is 2.36. The molecule has 0 amide bonds. The number of benzene rings is 2. The number of carboxylic acids is 1. The van der Waals surface area contributed by atoms with Crippen LogP contribution < -0.4 is 9.47 Å². The van der Waals surface area contributed by atoms with Crippen molar-refractivity contribution >= 4 is 29.6 Å². The van der Waals surface area contributed by atoms with E-state index < -0.39 is 11.8 Å². The van der Waals surface area contributed by atoms with Crippen molar-refractivity contribution in [3.63, 3.8) is 0 Å². The number of nitriles is 1. The number of hydrogen-bond acceptors (Lipinski definition) is 10. The van der Waals surface area contributed by atoms with E-state index in [1.807, 2.05) is 10.6 Å². The molecule has 1 unspecified atom stereocenters. The number of rotatable bonds is 10. The van der Waals surface area contributed by atoms with Crippen molar-refractivity contribution < 1.29 is 28.5 Å². The number of piperidine rings is 1. The summed E-state index contributed by atoms with van der Waals surface area (Å²) >= 11 is 4.85. The van der Waals surface area contributed by atoms with Crippen LogP contribution in [0.2, 0.25) is 0 Å². The van der Waals surface area contributed by atoms with Crippen LogP contribution in [0.4, 0.5) is 4.39 Å². The number of hydrogen-bond donors (Lipinski definition) is 2. The monoisotopic (exact) mass is 604 g/mol. The van der Waals surface area contributed by atoms with Crippen LogP contribution in [0.15, 0.2) is 48.7 Å². The van der Waals surface area contributed by atoms with E-state index in [2.05, 4.69) is 15.1 Å². The smallest absolute Gasteiger partial charge is 0.335 e. The van der Waals surface area contributed by atoms with Gasteiger partial charge >= 0.3 is 5.97 Å². The first kappa shape index (κ1) is 28.9. The maximum atomic E-state index is 14.1. The zero-order valence-electron chi connectivity index (χ0n) is 23.1. The highest BCUT2D eigenvalue weighted by atomic mass is 32.1. The van der Waals surface area contributed by atoms with Gasteiger partial charge in [-0.2, -0.15) is 28.1 Å². The summed E-state index contributed by atoms with van der Waals surface area (Å²) < 4.78 is 33.6. The number of ether oxygens (including phenoxy) is 3. The number of fused-ring (bicyclic) bond motifs is 1. The number of imidazole rings is 1. The number of nitrogens with zero attached hydrogens (tertiary/aromatic N) is 6. The molecule has 0 bridgehead atoms. The molecule has 4 heterocycles. The molecule has 2 aromatic carbocycles. The minimum absolute atomic E-state index is 0.00153. The Morgan fingerprint density at radius 2 is 2.02 bits per heavy atom. The van der Waals surface area contributed by atoms with Gasteiger partial charge in [0.15, 0.2) is 11.6 Å². The van der Waals surface area contributed by atoms with Gasteiger partial charge in [-0.05, 0) is 55.7 Å². The number of carbonyl (C=O) groups is 1. The van der Waals surface area contributed by atoms with E-state index in [1.54, 1.807) is 30.5 Å². The van der Waals surface area contributed by atoms with Crippen LogP contribution in [0.25, 0.3) is 11.0 Å². The molecule has 2 fully saturated rings. The zero-order valence-corrected chi connectivity index (χ0v) is 24.0. The Bertz CT molecular complexity index is 1680. The molecule has 2 saturated heterocycles. The second-order valence-corrected chi connectivity index (χ2v) is 11.1. The van der Waals surface area contributed by atoms with E-state index in [0.29, 0.717) is 24.6 Å². The predicted molar refractivity (Wildman–Crippen MR) is 155 cm³/mol. The van der Waals surface area contributed by atoms with E-state index in [9.17, 15) is 14.3 Å². The molecule has 1 N–H and O–H groups in total. The van der Waals surface area contributed by atoms with E-state index in [0.717, 1.165) is 55.3 Å². The summed E-state index contributed by atoms with van der Waals surface area (Å²) in [7, 11) is 0. The molecule has 43 heavy (non-hydrogen) atoms. The van der Waals surface area contributed by atoms with Crippen molar-refractivity contribution in [2.45, 2.75) is 50.0 Å². The highest BCUT2D eigenvalue weighted by molar-refractivity contribution is 7.80. The zero-order chi connectivity index (χ0) is 29.9. The number of aromatic nitrogens is 4. The maximum absolute atomic E-state index is 14.1. The number of halogens is 1. The number of thiol groups is 1. The molecule has 222 valence electrons. The van der Waals surface area contributed by atoms with Gasteiger partial charge in [-0.25, -0.2) is 14.2 Å². The van der Waals surface area contributed by atoms with Gasteiger partial charge in [-0.1, -0.05) is 0 Å². The van der Waals surface area contributed by atoms with Crippen LogP contribution in [0.5, 0.6) is 11.5 Å². The molecule has 2 aliphatic heterocycles. The van der Waals surface area contributed by atoms with Gasteiger partial charge in [0.2, 0.25) is 0 Å². The largest absolute Gasteiger partial charge is 0.489 e. The Hall–Kier alpha value is -4.25. The Balaban J connectivity index is 1.08. The third-order valence-electron chi connectivity index (χ3n) is 7.66. The normalized spacial score (nSPS) is 18.1. The van der Waals surface area contributed by atoms with Crippen molar-refractivity contribution in [3.8, 4) is 17.6 Å². The molecule has 13 heteroatoms. The van der Waals surface area contributed by atoms with Gasteiger partial charge < -0.3 is 23.9 Å². The molecule has 0 aliphatic carbocycles. The quantitative estimate of drug-likeness (QED) is 0.251. The average molecular weight is 605 g/mol. The summed E-state index contributed by atoms with van der Waals surface area (Å²) in [6.45, 7) is 2.82. The summed E-state index contributed by atoms with van der Waals surface area (Å²) in [4.78, 5) is 18.8. The lowest BCUT2D eigenvalue weighted by Gasteiger charge is -2.35. The lowest BCUT2D eigenvalue weighted by Crippen LogP contribution is -2.39. The first-order valence-corrected chi connectivity index (χ1v) is 14.5. The van der Waals surface area contributed by atoms with Crippen LogP contribution >= 0.6 is 12.6 Å². The molecule has 4 aromatic rings. The molecule has 2 atom stereocenters. The molecule has 2 aliphatic rings. The third-order valence-corrected chi connectivity index (χ3v) is 8.22. The predicted octanol–water partition coefficient (Wildman–Crippen LogP) is 4.37. The average Bonchev–Trinajstić information content (AvgIpc) is 3.33. The van der Waals surface area contributed by atoms with Crippen molar-refractivity contribution in [2.24, 2.45) is 0 Å². The molecule has 2 aromatic heterocycles. The molecule has 0 spiro atoms. The number of likely N-dealkylation sites (tertiary alicyclic amines) is 1. The summed E-state index contributed by atoms with van der Waals surface area (Å²) in [5, 5.41) is 26.2. The fraction of sp³-hybridized carbons (Fsp3) is 0.367. The van der Waals surface area contributed by atoms with Crippen LogP contribution in [-0.4, -0.2) is 67.6 Å². The van der Waals surface area contributed by atoms with Crippen LogP contribution in [-0.2, 0) is 17.9 Å². The van der Waals surface area contributed by atoms with Crippen molar-refractivity contribution in [1.82, 2.24) is 24.6 Å². The molecule has 6 rings (SSSR count). The first-order chi connectivity index (χ1) is 20.9. The first-order valence-electron chi connectivity index (χ1n) is 13.9. The Morgan fingerprint density at radius 3 is 2.72 bits per heavy atom. The Morgan fingerprint density at radius 1 is 1.21 bits per heavy atom. The highest BCUT2D eigenvalue weighted by Gasteiger charge is 2.31. The third kappa shape index (κ3) is 6.41.